The monoisotopic (exact) mass is 388 g/mol. The van der Waals surface area contributed by atoms with Crippen molar-refractivity contribution in [2.45, 2.75) is 96.3 Å². The maximum absolute atomic E-state index is 3.10. The minimum atomic E-state index is 0.942. The largest absolute Gasteiger partial charge is 0.243 e. The van der Waals surface area contributed by atoms with Gasteiger partial charge in [-0.2, -0.15) is 44.3 Å². The van der Waals surface area contributed by atoms with E-state index >= 15 is 0 Å². The summed E-state index contributed by atoms with van der Waals surface area (Å²) >= 11 is 0. The molecule has 10 heteroatoms. The summed E-state index contributed by atoms with van der Waals surface area (Å²) in [6.07, 6.45) is 20.3. The topological polar surface area (TPSA) is 120 Å². The fourth-order valence-electron chi connectivity index (χ4n) is 3.13. The summed E-state index contributed by atoms with van der Waals surface area (Å²) in [5.41, 5.74) is 28.3. The van der Waals surface area contributed by atoms with Gasteiger partial charge in [0.2, 0.25) is 0 Å². The summed E-state index contributed by atoms with van der Waals surface area (Å²) in [6, 6.07) is 0. The van der Waals surface area contributed by atoms with Gasteiger partial charge in [0.15, 0.2) is 0 Å². The van der Waals surface area contributed by atoms with Crippen molar-refractivity contribution >= 4 is 0 Å². The lowest BCUT2D eigenvalue weighted by atomic mass is 10.0. The summed E-state index contributed by atoms with van der Waals surface area (Å²) in [5, 5.41) is 0. The highest BCUT2D eigenvalue weighted by atomic mass is 15.9. The number of hydrogen-bond donors (Lipinski definition) is 10. The predicted molar refractivity (Wildman–Crippen MR) is 110 cm³/mol. The SMILES string of the molecule is C1CCCCCCCCNNNNNNNNNNCCCCCCCC1. The number of nitrogens with one attached hydrogen (secondary N) is 10. The van der Waals surface area contributed by atoms with Gasteiger partial charge in [-0.25, -0.2) is 10.9 Å². The van der Waals surface area contributed by atoms with E-state index in [0.717, 1.165) is 13.1 Å². The van der Waals surface area contributed by atoms with E-state index in [9.17, 15) is 0 Å². The molecule has 0 aliphatic carbocycles. The van der Waals surface area contributed by atoms with Gasteiger partial charge in [0, 0.05) is 13.1 Å². The molecule has 0 amide bonds. The van der Waals surface area contributed by atoms with E-state index in [4.69, 9.17) is 0 Å². The van der Waals surface area contributed by atoms with Gasteiger partial charge in [-0.05, 0) is 12.8 Å². The van der Waals surface area contributed by atoms with Crippen LogP contribution in [0.1, 0.15) is 96.3 Å². The first kappa shape index (κ1) is 24.6. The molecule has 162 valence electrons. The second-order valence-electron chi connectivity index (χ2n) is 7.16. The van der Waals surface area contributed by atoms with E-state index in [-0.39, 0.29) is 0 Å². The zero-order chi connectivity index (χ0) is 19.1. The first-order valence-electron chi connectivity index (χ1n) is 11.0. The average molecular weight is 389 g/mol. The van der Waals surface area contributed by atoms with Crippen LogP contribution in [0.3, 0.4) is 0 Å². The van der Waals surface area contributed by atoms with Gasteiger partial charge < -0.3 is 0 Å². The van der Waals surface area contributed by atoms with Crippen LogP contribution in [-0.2, 0) is 0 Å². The highest BCUT2D eigenvalue weighted by Gasteiger charge is 1.95. The molecule has 0 aromatic heterocycles. The van der Waals surface area contributed by atoms with Gasteiger partial charge >= 0.3 is 0 Å². The van der Waals surface area contributed by atoms with Crippen molar-refractivity contribution in [3.63, 3.8) is 0 Å². The fraction of sp³-hybridized carbons (Fsp3) is 1.00. The van der Waals surface area contributed by atoms with Crippen molar-refractivity contribution in [2.24, 2.45) is 0 Å². The molecular formula is C17H44N10. The number of hydrogen-bond acceptors (Lipinski definition) is 10. The molecule has 1 saturated heterocycles. The van der Waals surface area contributed by atoms with Crippen LogP contribution in [0.5, 0.6) is 0 Å². The second kappa shape index (κ2) is 21.9. The van der Waals surface area contributed by atoms with Gasteiger partial charge in [-0.3, -0.25) is 0 Å². The molecule has 1 rings (SSSR count). The van der Waals surface area contributed by atoms with Crippen molar-refractivity contribution in [2.75, 3.05) is 13.1 Å². The molecule has 27 heavy (non-hydrogen) atoms. The highest BCUT2D eigenvalue weighted by Crippen LogP contribution is 2.13. The summed E-state index contributed by atoms with van der Waals surface area (Å²) in [5.74, 6) is 0. The third-order valence-electron chi connectivity index (χ3n) is 4.72. The third kappa shape index (κ3) is 20.2. The van der Waals surface area contributed by atoms with Crippen LogP contribution in [0, 0.1) is 0 Å². The Hall–Kier alpha value is -0.400. The van der Waals surface area contributed by atoms with E-state index in [2.05, 4.69) is 55.1 Å². The number of hydrazine groups is 9. The predicted octanol–water partition coefficient (Wildman–Crippen LogP) is 0.983. The molecule has 1 aliphatic heterocycles. The first-order valence-corrected chi connectivity index (χ1v) is 11.0. The summed E-state index contributed by atoms with van der Waals surface area (Å²) < 4.78 is 0. The Balaban J connectivity index is 2.00. The third-order valence-corrected chi connectivity index (χ3v) is 4.72. The van der Waals surface area contributed by atoms with Crippen molar-refractivity contribution in [3.8, 4) is 0 Å². The van der Waals surface area contributed by atoms with Gasteiger partial charge in [0.1, 0.15) is 0 Å². The molecule has 1 heterocycles. The molecule has 0 aromatic carbocycles. The molecule has 1 aliphatic rings. The van der Waals surface area contributed by atoms with E-state index in [1.807, 2.05) is 0 Å². The zero-order valence-electron chi connectivity index (χ0n) is 17.0. The molecule has 0 atom stereocenters. The van der Waals surface area contributed by atoms with Crippen LogP contribution < -0.4 is 55.1 Å². The van der Waals surface area contributed by atoms with Crippen molar-refractivity contribution in [1.82, 2.24) is 55.1 Å². The van der Waals surface area contributed by atoms with E-state index < -0.39 is 0 Å². The van der Waals surface area contributed by atoms with Gasteiger partial charge in [-0.15, -0.1) is 0 Å². The van der Waals surface area contributed by atoms with Crippen LogP contribution in [0.2, 0.25) is 0 Å². The Bertz CT molecular complexity index is 154. The molecule has 0 saturated carbocycles. The molecule has 1 fully saturated rings. The van der Waals surface area contributed by atoms with Crippen molar-refractivity contribution in [3.05, 3.63) is 0 Å². The molecule has 10 N–H and O–H groups in total. The van der Waals surface area contributed by atoms with E-state index in [1.54, 1.807) is 0 Å². The summed E-state index contributed by atoms with van der Waals surface area (Å²) in [7, 11) is 0. The van der Waals surface area contributed by atoms with Crippen LogP contribution in [0.15, 0.2) is 0 Å². The normalized spacial score (nSPS) is 24.0. The molecule has 0 bridgehead atoms. The van der Waals surface area contributed by atoms with Crippen molar-refractivity contribution in [1.29, 1.82) is 0 Å². The average Bonchev–Trinajstić information content (AvgIpc) is 2.68. The minimum Gasteiger partial charge on any atom is -0.243 e. The zero-order valence-corrected chi connectivity index (χ0v) is 17.0. The highest BCUT2D eigenvalue weighted by molar-refractivity contribution is 4.51. The lowest BCUT2D eigenvalue weighted by molar-refractivity contribution is 0.232. The summed E-state index contributed by atoms with van der Waals surface area (Å²) in [4.78, 5) is 0. The lowest BCUT2D eigenvalue weighted by Crippen LogP contribution is -2.65. The van der Waals surface area contributed by atoms with Crippen LogP contribution in [-0.4, -0.2) is 13.1 Å². The smallest absolute Gasteiger partial charge is 0.0113 e. The van der Waals surface area contributed by atoms with Crippen molar-refractivity contribution < 1.29 is 0 Å². The Morgan fingerprint density at radius 3 is 0.741 bits per heavy atom. The Kier molecular flexibility index (Phi) is 20.0. The molecule has 10 nitrogen and oxygen atoms in total. The van der Waals surface area contributed by atoms with Crippen LogP contribution in [0.25, 0.3) is 0 Å². The van der Waals surface area contributed by atoms with Gasteiger partial charge in [0.05, 0.1) is 0 Å². The Labute approximate surface area is 165 Å². The Morgan fingerprint density at radius 1 is 0.222 bits per heavy atom. The molecule has 0 aromatic rings. The van der Waals surface area contributed by atoms with Crippen LogP contribution >= 0.6 is 0 Å². The lowest BCUT2D eigenvalue weighted by Gasteiger charge is -2.13. The molecular weight excluding hydrogens is 344 g/mol. The first-order chi connectivity index (χ1) is 13.5. The second-order valence-corrected chi connectivity index (χ2v) is 7.16. The minimum absolute atomic E-state index is 0.942. The fourth-order valence-corrected chi connectivity index (χ4v) is 3.13. The quantitative estimate of drug-likeness (QED) is 0.294. The molecule has 0 unspecified atom stereocenters. The molecule has 0 spiro atoms. The number of rotatable bonds is 0. The van der Waals surface area contributed by atoms with Gasteiger partial charge in [-0.1, -0.05) is 83.5 Å². The summed E-state index contributed by atoms with van der Waals surface area (Å²) in [6.45, 7) is 1.88. The van der Waals surface area contributed by atoms with Crippen LogP contribution in [0.4, 0.5) is 0 Å². The van der Waals surface area contributed by atoms with E-state index in [0.29, 0.717) is 0 Å². The maximum Gasteiger partial charge on any atom is 0.0113 e. The maximum atomic E-state index is 3.10. The Morgan fingerprint density at radius 2 is 0.444 bits per heavy atom. The van der Waals surface area contributed by atoms with Gasteiger partial charge in [0.25, 0.3) is 0 Å². The molecule has 0 radical (unpaired) electrons. The van der Waals surface area contributed by atoms with E-state index in [1.165, 1.54) is 96.3 Å². The standard InChI is InChI=1S/C17H44N10/c1-2-4-6-8-10-12-14-16-18-20-22-24-26-27-25-23-21-19-17-15-13-11-9-7-5-3-1/h18-27H,1-17H2.